The van der Waals surface area contributed by atoms with Gasteiger partial charge in [0.15, 0.2) is 0 Å². The molecular weight excluding hydrogens is 196 g/mol. The van der Waals surface area contributed by atoms with Gasteiger partial charge < -0.3 is 9.47 Å². The molecule has 0 heterocycles. The molecule has 0 unspecified atom stereocenters. The summed E-state index contributed by atoms with van der Waals surface area (Å²) in [6.07, 6.45) is 2.57. The van der Waals surface area contributed by atoms with Gasteiger partial charge in [0.1, 0.15) is 0 Å². The molecule has 0 atom stereocenters. The highest BCUT2D eigenvalue weighted by Gasteiger charge is 2.19. The van der Waals surface area contributed by atoms with Gasteiger partial charge in [-0.2, -0.15) is 0 Å². The molecule has 0 radical (unpaired) electrons. The van der Waals surface area contributed by atoms with E-state index >= 15 is 0 Å². The van der Waals surface area contributed by atoms with Crippen LogP contribution in [0, 0.1) is 0 Å². The minimum Gasteiger partial charge on any atom is -0.421 e. The van der Waals surface area contributed by atoms with E-state index in [4.69, 9.17) is 9.47 Å². The van der Waals surface area contributed by atoms with Gasteiger partial charge in [0.05, 0.1) is 0 Å². The number of hydrogen-bond donors (Lipinski definition) is 0. The molecule has 4 nitrogen and oxygen atoms in total. The average molecular weight is 214 g/mol. The van der Waals surface area contributed by atoms with Crippen LogP contribution in [-0.2, 0) is 19.1 Å². The summed E-state index contributed by atoms with van der Waals surface area (Å²) >= 11 is 0. The van der Waals surface area contributed by atoms with E-state index in [1.54, 1.807) is 6.08 Å². The molecule has 0 rings (SSSR count). The van der Waals surface area contributed by atoms with Gasteiger partial charge in [0, 0.05) is 19.4 Å². The van der Waals surface area contributed by atoms with Crippen LogP contribution < -0.4 is 0 Å². The number of carbonyl (C=O) groups is 2. The van der Waals surface area contributed by atoms with Crippen LogP contribution >= 0.6 is 0 Å². The van der Waals surface area contributed by atoms with Crippen molar-refractivity contribution in [3.8, 4) is 0 Å². The predicted molar refractivity (Wildman–Crippen MR) is 56.0 cm³/mol. The lowest BCUT2D eigenvalue weighted by atomic mass is 10.1. The molecule has 0 saturated carbocycles. The van der Waals surface area contributed by atoms with Crippen molar-refractivity contribution in [3.05, 3.63) is 11.6 Å². The lowest BCUT2D eigenvalue weighted by Gasteiger charge is -2.19. The SMILES string of the molecule is C/C=C(\CCC)C(OC(C)=O)OC(C)=O. The van der Waals surface area contributed by atoms with Gasteiger partial charge in [0.2, 0.25) is 0 Å². The fourth-order valence-electron chi connectivity index (χ4n) is 1.16. The molecule has 15 heavy (non-hydrogen) atoms. The molecule has 0 aromatic heterocycles. The van der Waals surface area contributed by atoms with Crippen LogP contribution in [0.3, 0.4) is 0 Å². The number of carbonyl (C=O) groups excluding carboxylic acids is 2. The maximum atomic E-state index is 10.8. The van der Waals surface area contributed by atoms with E-state index in [0.717, 1.165) is 18.4 Å². The molecule has 0 fully saturated rings. The molecular formula is C11H18O4. The van der Waals surface area contributed by atoms with Crippen molar-refractivity contribution in [1.29, 1.82) is 0 Å². The first-order chi connectivity index (χ1) is 7.01. The predicted octanol–water partition coefficient (Wildman–Crippen LogP) is 2.19. The molecule has 0 spiro atoms. The van der Waals surface area contributed by atoms with Gasteiger partial charge in [-0.1, -0.05) is 19.4 Å². The summed E-state index contributed by atoms with van der Waals surface area (Å²) in [6, 6.07) is 0. The van der Waals surface area contributed by atoms with E-state index < -0.39 is 18.2 Å². The van der Waals surface area contributed by atoms with Crippen LogP contribution in [0.25, 0.3) is 0 Å². The van der Waals surface area contributed by atoms with E-state index in [9.17, 15) is 9.59 Å². The third-order valence-electron chi connectivity index (χ3n) is 1.76. The zero-order valence-electron chi connectivity index (χ0n) is 9.70. The molecule has 0 aromatic rings. The van der Waals surface area contributed by atoms with Gasteiger partial charge in [-0.3, -0.25) is 9.59 Å². The fourth-order valence-corrected chi connectivity index (χ4v) is 1.16. The summed E-state index contributed by atoms with van der Waals surface area (Å²) in [5.74, 6) is -0.923. The van der Waals surface area contributed by atoms with Gasteiger partial charge in [-0.25, -0.2) is 0 Å². The summed E-state index contributed by atoms with van der Waals surface area (Å²) < 4.78 is 9.83. The summed E-state index contributed by atoms with van der Waals surface area (Å²) in [5.41, 5.74) is 0.808. The van der Waals surface area contributed by atoms with Crippen molar-refractivity contribution >= 4 is 11.9 Å². The third-order valence-corrected chi connectivity index (χ3v) is 1.76. The van der Waals surface area contributed by atoms with Crippen LogP contribution in [0.15, 0.2) is 11.6 Å². The summed E-state index contributed by atoms with van der Waals surface area (Å²) in [4.78, 5) is 21.6. The van der Waals surface area contributed by atoms with Gasteiger partial charge >= 0.3 is 11.9 Å². The van der Waals surface area contributed by atoms with Crippen LogP contribution in [0.1, 0.15) is 40.5 Å². The number of hydrogen-bond acceptors (Lipinski definition) is 4. The van der Waals surface area contributed by atoms with E-state index in [0.29, 0.717) is 0 Å². The molecule has 0 bridgehead atoms. The average Bonchev–Trinajstić information content (AvgIpc) is 2.11. The number of rotatable bonds is 5. The molecule has 0 amide bonds. The summed E-state index contributed by atoms with van der Waals surface area (Å²) in [5, 5.41) is 0. The Bertz CT molecular complexity index is 239. The number of allylic oxidation sites excluding steroid dienone is 1. The molecule has 0 aliphatic heterocycles. The lowest BCUT2D eigenvalue weighted by molar-refractivity contribution is -0.178. The topological polar surface area (TPSA) is 52.6 Å². The van der Waals surface area contributed by atoms with E-state index in [-0.39, 0.29) is 0 Å². The monoisotopic (exact) mass is 214 g/mol. The molecule has 86 valence electrons. The smallest absolute Gasteiger partial charge is 0.305 e. The first kappa shape index (κ1) is 13.7. The largest absolute Gasteiger partial charge is 0.421 e. The lowest BCUT2D eigenvalue weighted by Crippen LogP contribution is -2.24. The number of ether oxygens (including phenoxy) is 2. The molecule has 0 N–H and O–H groups in total. The molecule has 4 heteroatoms. The van der Waals surface area contributed by atoms with Crippen molar-refractivity contribution in [2.45, 2.75) is 46.8 Å². The highest BCUT2D eigenvalue weighted by atomic mass is 16.7. The first-order valence-corrected chi connectivity index (χ1v) is 5.00. The number of esters is 2. The van der Waals surface area contributed by atoms with Crippen molar-refractivity contribution in [2.75, 3.05) is 0 Å². The van der Waals surface area contributed by atoms with Gasteiger partial charge in [-0.05, 0) is 13.3 Å². The summed E-state index contributed by atoms with van der Waals surface area (Å²) in [7, 11) is 0. The molecule has 0 aliphatic carbocycles. The quantitative estimate of drug-likeness (QED) is 0.400. The Morgan fingerprint density at radius 2 is 1.67 bits per heavy atom. The zero-order chi connectivity index (χ0) is 11.8. The van der Waals surface area contributed by atoms with Crippen LogP contribution in [0.5, 0.6) is 0 Å². The maximum absolute atomic E-state index is 10.8. The van der Waals surface area contributed by atoms with Crippen molar-refractivity contribution in [2.24, 2.45) is 0 Å². The maximum Gasteiger partial charge on any atom is 0.305 e. The van der Waals surface area contributed by atoms with Crippen LogP contribution in [0.4, 0.5) is 0 Å². The van der Waals surface area contributed by atoms with Crippen molar-refractivity contribution in [1.82, 2.24) is 0 Å². The molecule has 0 aromatic carbocycles. The van der Waals surface area contributed by atoms with Crippen molar-refractivity contribution < 1.29 is 19.1 Å². The van der Waals surface area contributed by atoms with Gasteiger partial charge in [0.25, 0.3) is 6.29 Å². The van der Waals surface area contributed by atoms with Gasteiger partial charge in [-0.15, -0.1) is 0 Å². The summed E-state index contributed by atoms with van der Waals surface area (Å²) in [6.45, 7) is 6.40. The van der Waals surface area contributed by atoms with Crippen molar-refractivity contribution in [3.63, 3.8) is 0 Å². The Labute approximate surface area is 90.2 Å². The van der Waals surface area contributed by atoms with Crippen LogP contribution in [-0.4, -0.2) is 18.2 Å². The fraction of sp³-hybridized carbons (Fsp3) is 0.636. The second-order valence-electron chi connectivity index (χ2n) is 3.16. The Morgan fingerprint density at radius 3 is 1.93 bits per heavy atom. The minimum atomic E-state index is -0.870. The third kappa shape index (κ3) is 5.88. The highest BCUT2D eigenvalue weighted by Crippen LogP contribution is 2.15. The minimum absolute atomic E-state index is 0.461. The van der Waals surface area contributed by atoms with Crippen LogP contribution in [0.2, 0.25) is 0 Å². The van der Waals surface area contributed by atoms with E-state index in [1.165, 1.54) is 13.8 Å². The van der Waals surface area contributed by atoms with E-state index in [2.05, 4.69) is 0 Å². The Balaban J connectivity index is 4.57. The standard InChI is InChI=1S/C11H18O4/c1-5-7-10(6-2)11(14-8(3)12)15-9(4)13/h6,11H,5,7H2,1-4H3/b10-6+. The molecule has 0 aliphatic rings. The second-order valence-corrected chi connectivity index (χ2v) is 3.16. The first-order valence-electron chi connectivity index (χ1n) is 5.00. The zero-order valence-corrected chi connectivity index (χ0v) is 9.70. The second kappa shape index (κ2) is 7.04. The Kier molecular flexibility index (Phi) is 6.42. The Hall–Kier alpha value is -1.32. The molecule has 0 saturated heterocycles. The Morgan fingerprint density at radius 1 is 1.20 bits per heavy atom. The highest BCUT2D eigenvalue weighted by molar-refractivity contribution is 5.68. The van der Waals surface area contributed by atoms with E-state index in [1.807, 2.05) is 13.8 Å². The normalized spacial score (nSPS) is 11.4.